The van der Waals surface area contributed by atoms with E-state index in [0.29, 0.717) is 6.42 Å². The van der Waals surface area contributed by atoms with Crippen molar-refractivity contribution in [3.63, 3.8) is 0 Å². The highest BCUT2D eigenvalue weighted by molar-refractivity contribution is 5.91. The summed E-state index contributed by atoms with van der Waals surface area (Å²) in [6.45, 7) is 7.20. The van der Waals surface area contributed by atoms with Gasteiger partial charge in [-0.1, -0.05) is 69.3 Å². The highest BCUT2D eigenvalue weighted by Gasteiger charge is 2.38. The molecule has 176 valence electrons. The summed E-state index contributed by atoms with van der Waals surface area (Å²) in [7, 11) is 0. The van der Waals surface area contributed by atoms with E-state index in [2.05, 4.69) is 17.4 Å². The third-order valence-electron chi connectivity index (χ3n) is 6.10. The Labute approximate surface area is 194 Å². The van der Waals surface area contributed by atoms with Crippen LogP contribution < -0.4 is 5.32 Å². The van der Waals surface area contributed by atoms with Crippen molar-refractivity contribution in [3.05, 3.63) is 59.7 Å². The lowest BCUT2D eigenvalue weighted by Gasteiger charge is -2.34. The second-order valence-electron chi connectivity index (χ2n) is 9.11. The molecule has 0 fully saturated rings. The van der Waals surface area contributed by atoms with Crippen molar-refractivity contribution in [2.75, 3.05) is 19.7 Å². The zero-order valence-corrected chi connectivity index (χ0v) is 19.6. The summed E-state index contributed by atoms with van der Waals surface area (Å²) in [6.07, 6.45) is -0.404. The van der Waals surface area contributed by atoms with E-state index in [1.165, 1.54) is 4.90 Å². The number of nitrogens with one attached hydrogen (secondary N) is 1. The normalized spacial score (nSPS) is 14.2. The van der Waals surface area contributed by atoms with Crippen LogP contribution in [0.3, 0.4) is 0 Å². The molecule has 0 saturated carbocycles. The molecule has 2 aromatic rings. The molecule has 0 spiro atoms. The van der Waals surface area contributed by atoms with Crippen molar-refractivity contribution in [2.24, 2.45) is 5.92 Å². The van der Waals surface area contributed by atoms with Crippen LogP contribution in [0.1, 0.15) is 51.2 Å². The van der Waals surface area contributed by atoms with Crippen LogP contribution in [-0.4, -0.2) is 53.2 Å². The lowest BCUT2D eigenvalue weighted by Crippen LogP contribution is -2.59. The van der Waals surface area contributed by atoms with Gasteiger partial charge in [0, 0.05) is 12.5 Å². The average molecular weight is 453 g/mol. The van der Waals surface area contributed by atoms with Crippen molar-refractivity contribution >= 4 is 18.0 Å². The molecule has 2 N–H and O–H groups in total. The van der Waals surface area contributed by atoms with Crippen LogP contribution in [0.2, 0.25) is 0 Å². The number of carbonyl (C=O) groups is 3. The van der Waals surface area contributed by atoms with Gasteiger partial charge < -0.3 is 20.1 Å². The van der Waals surface area contributed by atoms with E-state index in [9.17, 15) is 19.5 Å². The average Bonchev–Trinajstić information content (AvgIpc) is 3.10. The molecule has 2 aromatic carbocycles. The van der Waals surface area contributed by atoms with Crippen molar-refractivity contribution in [3.8, 4) is 11.1 Å². The number of nitrogens with zero attached hydrogens (tertiary/aromatic N) is 1. The minimum atomic E-state index is -1.27. The second-order valence-corrected chi connectivity index (χ2v) is 9.11. The van der Waals surface area contributed by atoms with Gasteiger partial charge in [0.05, 0.1) is 0 Å². The molecular formula is C26H32N2O5. The van der Waals surface area contributed by atoms with Gasteiger partial charge in [-0.25, -0.2) is 4.79 Å². The number of fused-ring (bicyclic) bond motifs is 3. The molecule has 3 rings (SSSR count). The Morgan fingerprint density at radius 3 is 2.09 bits per heavy atom. The summed E-state index contributed by atoms with van der Waals surface area (Å²) in [6, 6.07) is 16.1. The highest BCUT2D eigenvalue weighted by Crippen LogP contribution is 2.44. The Morgan fingerprint density at radius 2 is 1.61 bits per heavy atom. The molecule has 7 nitrogen and oxygen atoms in total. The summed E-state index contributed by atoms with van der Waals surface area (Å²) < 4.78 is 5.59. The van der Waals surface area contributed by atoms with Gasteiger partial charge in [0.15, 0.2) is 0 Å². The Balaban J connectivity index is 1.71. The standard InChI is InChI=1S/C26H32N2O5/c1-5-26(4,24(31)28(14-17(2)3)15-23(29)30)27-25(32)33-16-22-20-12-8-6-10-18(20)19-11-7-9-13-21(19)22/h6-13,17,22H,5,14-16H2,1-4H3,(H,27,32)(H,29,30). The molecule has 1 atom stereocenters. The van der Waals surface area contributed by atoms with E-state index in [1.807, 2.05) is 50.2 Å². The van der Waals surface area contributed by atoms with Crippen LogP contribution in [0.15, 0.2) is 48.5 Å². The summed E-state index contributed by atoms with van der Waals surface area (Å²) >= 11 is 0. The van der Waals surface area contributed by atoms with Gasteiger partial charge in [-0.05, 0) is 41.5 Å². The molecule has 0 aliphatic heterocycles. The molecule has 7 heteroatoms. The zero-order valence-electron chi connectivity index (χ0n) is 19.6. The maximum absolute atomic E-state index is 13.2. The number of aliphatic carboxylic acids is 1. The molecule has 1 aliphatic carbocycles. The molecule has 0 heterocycles. The second kappa shape index (κ2) is 10.1. The van der Waals surface area contributed by atoms with Crippen LogP contribution in [0.5, 0.6) is 0 Å². The van der Waals surface area contributed by atoms with Gasteiger partial charge in [-0.3, -0.25) is 9.59 Å². The third-order valence-corrected chi connectivity index (χ3v) is 6.10. The lowest BCUT2D eigenvalue weighted by molar-refractivity contribution is -0.147. The fourth-order valence-corrected chi connectivity index (χ4v) is 4.33. The summed E-state index contributed by atoms with van der Waals surface area (Å²) in [4.78, 5) is 38.5. The topological polar surface area (TPSA) is 95.9 Å². The van der Waals surface area contributed by atoms with Crippen molar-refractivity contribution in [1.29, 1.82) is 0 Å². The first-order valence-corrected chi connectivity index (χ1v) is 11.3. The van der Waals surface area contributed by atoms with Crippen molar-refractivity contribution in [1.82, 2.24) is 10.2 Å². The van der Waals surface area contributed by atoms with E-state index in [0.717, 1.165) is 22.3 Å². The predicted molar refractivity (Wildman–Crippen MR) is 126 cm³/mol. The summed E-state index contributed by atoms with van der Waals surface area (Å²) in [5, 5.41) is 11.9. The maximum Gasteiger partial charge on any atom is 0.408 e. The first-order valence-electron chi connectivity index (χ1n) is 11.3. The fraction of sp³-hybridized carbons (Fsp3) is 0.423. The summed E-state index contributed by atoms with van der Waals surface area (Å²) in [5.74, 6) is -1.53. The quantitative estimate of drug-likeness (QED) is 0.593. The number of carboxylic acid groups (broad SMARTS) is 1. The third kappa shape index (κ3) is 5.35. The minimum Gasteiger partial charge on any atom is -0.480 e. The van der Waals surface area contributed by atoms with Gasteiger partial charge in [-0.2, -0.15) is 0 Å². The summed E-state index contributed by atoms with van der Waals surface area (Å²) in [5.41, 5.74) is 3.20. The number of carbonyl (C=O) groups excluding carboxylic acids is 2. The van der Waals surface area contributed by atoms with E-state index >= 15 is 0 Å². The van der Waals surface area contributed by atoms with Gasteiger partial charge >= 0.3 is 12.1 Å². The molecule has 0 radical (unpaired) electrons. The van der Waals surface area contributed by atoms with E-state index in [1.54, 1.807) is 13.8 Å². The molecule has 33 heavy (non-hydrogen) atoms. The van der Waals surface area contributed by atoms with Gasteiger partial charge in [0.1, 0.15) is 18.7 Å². The van der Waals surface area contributed by atoms with E-state index < -0.39 is 30.1 Å². The molecular weight excluding hydrogens is 420 g/mol. The van der Waals surface area contributed by atoms with Gasteiger partial charge in [0.25, 0.3) is 0 Å². The van der Waals surface area contributed by atoms with Crippen LogP contribution in [0, 0.1) is 5.92 Å². The number of carboxylic acids is 1. The minimum absolute atomic E-state index is 0.0869. The first-order chi connectivity index (χ1) is 15.7. The monoisotopic (exact) mass is 452 g/mol. The van der Waals surface area contributed by atoms with E-state index in [-0.39, 0.29) is 25.0 Å². The number of rotatable bonds is 9. The number of benzene rings is 2. The number of ether oxygens (including phenoxy) is 1. The van der Waals surface area contributed by atoms with Crippen LogP contribution >= 0.6 is 0 Å². The molecule has 1 aliphatic rings. The van der Waals surface area contributed by atoms with Crippen LogP contribution in [0.4, 0.5) is 4.79 Å². The number of hydrogen-bond acceptors (Lipinski definition) is 4. The number of hydrogen-bond donors (Lipinski definition) is 2. The van der Waals surface area contributed by atoms with Crippen molar-refractivity contribution in [2.45, 2.75) is 45.6 Å². The first kappa shape index (κ1) is 24.3. The number of amides is 2. The highest BCUT2D eigenvalue weighted by atomic mass is 16.5. The molecule has 0 aromatic heterocycles. The smallest absolute Gasteiger partial charge is 0.408 e. The molecule has 0 bridgehead atoms. The van der Waals surface area contributed by atoms with E-state index in [4.69, 9.17) is 4.74 Å². The maximum atomic E-state index is 13.2. The van der Waals surface area contributed by atoms with Crippen LogP contribution in [0.25, 0.3) is 11.1 Å². The largest absolute Gasteiger partial charge is 0.480 e. The fourth-order valence-electron chi connectivity index (χ4n) is 4.33. The molecule has 0 saturated heterocycles. The SMILES string of the molecule is CCC(C)(NC(=O)OCC1c2ccccc2-c2ccccc21)C(=O)N(CC(=O)O)CC(C)C. The number of alkyl carbamates (subject to hydrolysis) is 1. The Morgan fingerprint density at radius 1 is 1.06 bits per heavy atom. The van der Waals surface area contributed by atoms with Crippen LogP contribution in [-0.2, 0) is 14.3 Å². The van der Waals surface area contributed by atoms with Gasteiger partial charge in [-0.15, -0.1) is 0 Å². The lowest BCUT2D eigenvalue weighted by atomic mass is 9.96. The molecule has 2 amide bonds. The predicted octanol–water partition coefficient (Wildman–Crippen LogP) is 4.26. The zero-order chi connectivity index (χ0) is 24.2. The van der Waals surface area contributed by atoms with Crippen molar-refractivity contribution < 1.29 is 24.2 Å². The Hall–Kier alpha value is -3.35. The Kier molecular flexibility index (Phi) is 7.41. The molecule has 1 unspecified atom stereocenters. The van der Waals surface area contributed by atoms with Gasteiger partial charge in [0.2, 0.25) is 5.91 Å². The Bertz CT molecular complexity index is 989.